The number of aliphatic hydroxyl groups excluding tert-OH is 1. The molecule has 0 aliphatic carbocycles. The van der Waals surface area contributed by atoms with Gasteiger partial charge in [0, 0.05) is 24.1 Å². The van der Waals surface area contributed by atoms with Crippen molar-refractivity contribution in [1.29, 1.82) is 0 Å². The molecule has 2 amide bonds. The average molecular weight is 296 g/mol. The van der Waals surface area contributed by atoms with Gasteiger partial charge in [0.25, 0.3) is 0 Å². The van der Waals surface area contributed by atoms with Crippen LogP contribution in [0.5, 0.6) is 0 Å². The first kappa shape index (κ1) is 16.9. The van der Waals surface area contributed by atoms with E-state index >= 15 is 0 Å². The minimum atomic E-state index is -0.227. The molecular weight excluding hydrogens is 272 g/mol. The van der Waals surface area contributed by atoms with Crippen molar-refractivity contribution >= 4 is 23.5 Å². The minimum Gasteiger partial charge on any atom is -0.396 e. The Labute approximate surface area is 125 Å². The van der Waals surface area contributed by atoms with Crippen LogP contribution in [-0.2, 0) is 0 Å². The Morgan fingerprint density at radius 3 is 2.45 bits per heavy atom. The van der Waals surface area contributed by atoms with Crippen molar-refractivity contribution < 1.29 is 9.90 Å². The molecular formula is C15H24N2O2S. The van der Waals surface area contributed by atoms with Gasteiger partial charge in [0.05, 0.1) is 0 Å². The Hall–Kier alpha value is -1.20. The molecule has 112 valence electrons. The van der Waals surface area contributed by atoms with E-state index in [9.17, 15) is 4.79 Å². The van der Waals surface area contributed by atoms with Gasteiger partial charge >= 0.3 is 6.03 Å². The van der Waals surface area contributed by atoms with Crippen LogP contribution in [0.25, 0.3) is 0 Å². The number of amides is 2. The molecule has 1 unspecified atom stereocenters. The van der Waals surface area contributed by atoms with E-state index in [2.05, 4.69) is 24.5 Å². The van der Waals surface area contributed by atoms with Crippen LogP contribution in [0.15, 0.2) is 24.3 Å². The van der Waals surface area contributed by atoms with Gasteiger partial charge in [0.1, 0.15) is 0 Å². The number of nitrogens with one attached hydrogen (secondary N) is 2. The Morgan fingerprint density at radius 1 is 1.30 bits per heavy atom. The molecule has 20 heavy (non-hydrogen) atoms. The summed E-state index contributed by atoms with van der Waals surface area (Å²) in [5.74, 6) is 1.27. The molecule has 0 spiro atoms. The molecule has 0 bridgehead atoms. The van der Waals surface area contributed by atoms with E-state index in [1.807, 2.05) is 30.5 Å². The third-order valence-electron chi connectivity index (χ3n) is 3.02. The van der Waals surface area contributed by atoms with Gasteiger partial charge in [-0.1, -0.05) is 26.0 Å². The zero-order valence-electron chi connectivity index (χ0n) is 12.3. The fourth-order valence-corrected chi connectivity index (χ4v) is 2.51. The normalized spacial score (nSPS) is 12.2. The summed E-state index contributed by atoms with van der Waals surface area (Å²) in [5.41, 5.74) is 2.02. The molecule has 0 saturated carbocycles. The van der Waals surface area contributed by atoms with E-state index in [0.717, 1.165) is 11.4 Å². The number of hydrogen-bond donors (Lipinski definition) is 3. The predicted octanol–water partition coefficient (Wildman–Crippen LogP) is 3.05. The summed E-state index contributed by atoms with van der Waals surface area (Å²) in [5, 5.41) is 14.7. The van der Waals surface area contributed by atoms with Crippen LogP contribution in [0, 0.1) is 0 Å². The Kier molecular flexibility index (Phi) is 7.47. The monoisotopic (exact) mass is 296 g/mol. The molecule has 0 aliphatic rings. The molecule has 1 aromatic rings. The third kappa shape index (κ3) is 5.84. The van der Waals surface area contributed by atoms with Crippen LogP contribution in [0.1, 0.15) is 31.7 Å². The topological polar surface area (TPSA) is 61.4 Å². The van der Waals surface area contributed by atoms with Gasteiger partial charge in [-0.2, -0.15) is 11.8 Å². The zero-order chi connectivity index (χ0) is 15.0. The fraction of sp³-hybridized carbons (Fsp3) is 0.533. The van der Waals surface area contributed by atoms with Gasteiger partial charge in [0.2, 0.25) is 0 Å². The number of rotatable bonds is 7. The lowest BCUT2D eigenvalue weighted by Crippen LogP contribution is -2.40. The van der Waals surface area contributed by atoms with Crippen LogP contribution < -0.4 is 10.6 Å². The Bertz CT molecular complexity index is 401. The second-order valence-electron chi connectivity index (χ2n) is 5.04. The van der Waals surface area contributed by atoms with E-state index in [-0.39, 0.29) is 18.7 Å². The van der Waals surface area contributed by atoms with Gasteiger partial charge in [-0.15, -0.1) is 0 Å². The first-order valence-corrected chi connectivity index (χ1v) is 8.23. The molecule has 0 radical (unpaired) electrons. The summed E-state index contributed by atoms with van der Waals surface area (Å²) < 4.78 is 0. The number of hydrogen-bond acceptors (Lipinski definition) is 3. The number of benzene rings is 1. The highest BCUT2D eigenvalue weighted by atomic mass is 32.2. The average Bonchev–Trinajstić information content (AvgIpc) is 2.39. The minimum absolute atomic E-state index is 0.00932. The number of carbonyl (C=O) groups is 1. The SMILES string of the molecule is CSCC(CCO)NC(=O)Nc1ccc(C(C)C)cc1. The van der Waals surface area contributed by atoms with E-state index in [0.29, 0.717) is 12.3 Å². The molecule has 3 N–H and O–H groups in total. The quantitative estimate of drug-likeness (QED) is 0.725. The molecule has 5 heteroatoms. The highest BCUT2D eigenvalue weighted by Gasteiger charge is 2.11. The molecule has 1 rings (SSSR count). The summed E-state index contributed by atoms with van der Waals surface area (Å²) in [6.45, 7) is 4.35. The Balaban J connectivity index is 2.52. The van der Waals surface area contributed by atoms with Crippen molar-refractivity contribution in [2.45, 2.75) is 32.2 Å². The lowest BCUT2D eigenvalue weighted by Gasteiger charge is -2.17. The smallest absolute Gasteiger partial charge is 0.319 e. The van der Waals surface area contributed by atoms with Gasteiger partial charge < -0.3 is 15.7 Å². The predicted molar refractivity (Wildman–Crippen MR) is 86.6 cm³/mol. The van der Waals surface area contributed by atoms with Crippen LogP contribution in [0.2, 0.25) is 0 Å². The van der Waals surface area contributed by atoms with Gasteiger partial charge in [-0.25, -0.2) is 4.79 Å². The lowest BCUT2D eigenvalue weighted by molar-refractivity contribution is 0.241. The molecule has 0 heterocycles. The van der Waals surface area contributed by atoms with Crippen molar-refractivity contribution in [3.8, 4) is 0 Å². The zero-order valence-corrected chi connectivity index (χ0v) is 13.2. The van der Waals surface area contributed by atoms with Crippen LogP contribution in [-0.4, -0.2) is 35.8 Å². The van der Waals surface area contributed by atoms with Crippen molar-refractivity contribution in [2.75, 3.05) is 23.9 Å². The second kappa shape index (κ2) is 8.87. The number of urea groups is 1. The summed E-state index contributed by atoms with van der Waals surface area (Å²) in [7, 11) is 0. The maximum atomic E-state index is 11.9. The second-order valence-corrected chi connectivity index (χ2v) is 5.95. The van der Waals surface area contributed by atoms with Crippen LogP contribution in [0.3, 0.4) is 0 Å². The van der Waals surface area contributed by atoms with Crippen LogP contribution >= 0.6 is 11.8 Å². The van der Waals surface area contributed by atoms with Gasteiger partial charge in [0.15, 0.2) is 0 Å². The first-order valence-electron chi connectivity index (χ1n) is 6.84. The highest BCUT2D eigenvalue weighted by molar-refractivity contribution is 7.98. The number of anilines is 1. The largest absolute Gasteiger partial charge is 0.396 e. The molecule has 0 aliphatic heterocycles. The van der Waals surface area contributed by atoms with Crippen molar-refractivity contribution in [1.82, 2.24) is 5.32 Å². The van der Waals surface area contributed by atoms with E-state index in [1.165, 1.54) is 5.56 Å². The molecule has 4 nitrogen and oxygen atoms in total. The van der Waals surface area contributed by atoms with E-state index in [1.54, 1.807) is 11.8 Å². The number of aliphatic hydroxyl groups is 1. The number of carbonyl (C=O) groups excluding carboxylic acids is 1. The van der Waals surface area contributed by atoms with Crippen molar-refractivity contribution in [3.63, 3.8) is 0 Å². The van der Waals surface area contributed by atoms with Crippen molar-refractivity contribution in [3.05, 3.63) is 29.8 Å². The third-order valence-corrected chi connectivity index (χ3v) is 3.75. The summed E-state index contributed by atoms with van der Waals surface area (Å²) in [6.07, 6.45) is 2.55. The van der Waals surface area contributed by atoms with Gasteiger partial charge in [-0.3, -0.25) is 0 Å². The molecule has 0 fully saturated rings. The lowest BCUT2D eigenvalue weighted by atomic mass is 10.0. The molecule has 0 saturated heterocycles. The Morgan fingerprint density at radius 2 is 1.95 bits per heavy atom. The van der Waals surface area contributed by atoms with Gasteiger partial charge in [-0.05, 0) is 36.3 Å². The van der Waals surface area contributed by atoms with E-state index < -0.39 is 0 Å². The van der Waals surface area contributed by atoms with Crippen LogP contribution in [0.4, 0.5) is 10.5 Å². The molecule has 0 aromatic heterocycles. The summed E-state index contributed by atoms with van der Waals surface area (Å²) in [4.78, 5) is 11.9. The van der Waals surface area contributed by atoms with E-state index in [4.69, 9.17) is 5.11 Å². The molecule has 1 aromatic carbocycles. The first-order chi connectivity index (χ1) is 9.56. The summed E-state index contributed by atoms with van der Waals surface area (Å²) >= 11 is 1.65. The molecule has 1 atom stereocenters. The maximum absolute atomic E-state index is 11.9. The van der Waals surface area contributed by atoms with Crippen molar-refractivity contribution in [2.24, 2.45) is 0 Å². The number of thioether (sulfide) groups is 1. The maximum Gasteiger partial charge on any atom is 0.319 e. The highest BCUT2D eigenvalue weighted by Crippen LogP contribution is 2.17. The standard InChI is InChI=1S/C15H24N2O2S/c1-11(2)12-4-6-13(7-5-12)16-15(19)17-14(8-9-18)10-20-3/h4-7,11,14,18H,8-10H2,1-3H3,(H2,16,17,19). The summed E-state index contributed by atoms with van der Waals surface area (Å²) in [6, 6.07) is 7.62. The fourth-order valence-electron chi connectivity index (χ4n) is 1.86.